The predicted molar refractivity (Wildman–Crippen MR) is 51.6 cm³/mol. The van der Waals surface area contributed by atoms with Crippen LogP contribution in [0.15, 0.2) is 0 Å². The normalized spacial score (nSPS) is 14.6. The van der Waals surface area contributed by atoms with Gasteiger partial charge in [0.15, 0.2) is 0 Å². The topological polar surface area (TPSA) is 63.3 Å². The molecule has 0 amide bonds. The molecule has 0 rings (SSSR count). The van der Waals surface area contributed by atoms with Crippen molar-refractivity contribution in [2.24, 2.45) is 5.73 Å². The second-order valence-corrected chi connectivity index (χ2v) is 2.92. The van der Waals surface area contributed by atoms with Crippen LogP contribution in [0.4, 0.5) is 0 Å². The number of nitrogens with two attached hydrogens (primary N) is 1. The highest BCUT2D eigenvalue weighted by Gasteiger charge is 2.30. The molecule has 0 aliphatic carbocycles. The molecule has 1 atom stereocenters. The number of carboxylic acid groups (broad SMARTS) is 1. The summed E-state index contributed by atoms with van der Waals surface area (Å²) in [6, 6.07) is 0. The molecule has 0 bridgehead atoms. The molecule has 0 saturated heterocycles. The number of aliphatic carboxylic acids is 1. The van der Waals surface area contributed by atoms with Crippen LogP contribution in [0.5, 0.6) is 0 Å². The Morgan fingerprint density at radius 2 is 2.00 bits per heavy atom. The zero-order chi connectivity index (χ0) is 8.91. The third kappa shape index (κ3) is 3.93. The number of hydrogen-bond acceptors (Lipinski definition) is 2. The summed E-state index contributed by atoms with van der Waals surface area (Å²) in [7, 11) is 0. The third-order valence-corrected chi connectivity index (χ3v) is 2.03. The minimum Gasteiger partial charge on any atom is -0.480 e. The minimum atomic E-state index is -0.990. The van der Waals surface area contributed by atoms with Crippen LogP contribution in [-0.4, -0.2) is 16.6 Å². The van der Waals surface area contributed by atoms with Crippen molar-refractivity contribution in [3.63, 3.8) is 0 Å². The summed E-state index contributed by atoms with van der Waals surface area (Å²) in [5.41, 5.74) is 4.64. The molecule has 4 heteroatoms. The van der Waals surface area contributed by atoms with Crippen LogP contribution in [-0.2, 0) is 4.79 Å². The number of carboxylic acids is 1. The van der Waals surface area contributed by atoms with Gasteiger partial charge in [-0.25, -0.2) is 0 Å². The quantitative estimate of drug-likeness (QED) is 0.703. The highest BCUT2D eigenvalue weighted by Crippen LogP contribution is 2.15. The van der Waals surface area contributed by atoms with Gasteiger partial charge in [-0.2, -0.15) is 0 Å². The van der Waals surface area contributed by atoms with Crippen LogP contribution in [0.3, 0.4) is 0 Å². The molecule has 3 nitrogen and oxygen atoms in total. The Bertz CT molecular complexity index is 141. The summed E-state index contributed by atoms with van der Waals surface area (Å²) in [4.78, 5) is 10.6. The minimum absolute atomic E-state index is 0. The first-order valence-corrected chi connectivity index (χ1v) is 4.09. The Labute approximate surface area is 79.7 Å². The van der Waals surface area contributed by atoms with Crippen molar-refractivity contribution in [2.45, 2.75) is 45.1 Å². The number of unbranched alkanes of at least 4 members (excludes halogenated alkanes) is 1. The Morgan fingerprint density at radius 1 is 1.50 bits per heavy atom. The fourth-order valence-electron chi connectivity index (χ4n) is 0.927. The van der Waals surface area contributed by atoms with Gasteiger partial charge in [0.1, 0.15) is 5.54 Å². The molecular formula is C8H18ClNO2. The van der Waals surface area contributed by atoms with E-state index in [9.17, 15) is 4.79 Å². The van der Waals surface area contributed by atoms with Crippen LogP contribution in [0.1, 0.15) is 39.5 Å². The first-order chi connectivity index (χ1) is 5.06. The van der Waals surface area contributed by atoms with E-state index in [0.29, 0.717) is 12.8 Å². The SMILES string of the molecule is CCCC[C@](N)(CC)C(=O)O.Cl. The van der Waals surface area contributed by atoms with Crippen LogP contribution in [0.25, 0.3) is 0 Å². The number of carbonyl (C=O) groups is 1. The van der Waals surface area contributed by atoms with Gasteiger partial charge in [0.25, 0.3) is 0 Å². The average molecular weight is 196 g/mol. The van der Waals surface area contributed by atoms with E-state index in [1.165, 1.54) is 0 Å². The molecule has 0 aliphatic rings. The van der Waals surface area contributed by atoms with E-state index in [-0.39, 0.29) is 12.4 Å². The maximum Gasteiger partial charge on any atom is 0.323 e. The van der Waals surface area contributed by atoms with E-state index >= 15 is 0 Å². The maximum atomic E-state index is 10.6. The number of hydrogen-bond donors (Lipinski definition) is 2. The lowest BCUT2D eigenvalue weighted by molar-refractivity contribution is -0.143. The molecule has 0 spiro atoms. The summed E-state index contributed by atoms with van der Waals surface area (Å²) < 4.78 is 0. The number of rotatable bonds is 5. The zero-order valence-electron chi connectivity index (χ0n) is 7.67. The molecule has 12 heavy (non-hydrogen) atoms. The monoisotopic (exact) mass is 195 g/mol. The summed E-state index contributed by atoms with van der Waals surface area (Å²) in [5.74, 6) is -0.881. The summed E-state index contributed by atoms with van der Waals surface area (Å²) in [6.07, 6.45) is 2.96. The van der Waals surface area contributed by atoms with Gasteiger partial charge in [-0.3, -0.25) is 4.79 Å². The Hall–Kier alpha value is -0.280. The van der Waals surface area contributed by atoms with E-state index < -0.39 is 11.5 Å². The van der Waals surface area contributed by atoms with E-state index in [1.54, 1.807) is 0 Å². The van der Waals surface area contributed by atoms with Crippen LogP contribution in [0, 0.1) is 0 Å². The molecule has 0 radical (unpaired) electrons. The van der Waals surface area contributed by atoms with Gasteiger partial charge in [0.05, 0.1) is 0 Å². The second-order valence-electron chi connectivity index (χ2n) is 2.92. The lowest BCUT2D eigenvalue weighted by Crippen LogP contribution is -2.47. The van der Waals surface area contributed by atoms with Gasteiger partial charge in [0.2, 0.25) is 0 Å². The predicted octanol–water partition coefficient (Wildman–Crippen LogP) is 1.79. The lowest BCUT2D eigenvalue weighted by atomic mass is 9.91. The van der Waals surface area contributed by atoms with Gasteiger partial charge in [-0.15, -0.1) is 12.4 Å². The molecule has 0 unspecified atom stereocenters. The zero-order valence-corrected chi connectivity index (χ0v) is 8.49. The first kappa shape index (κ1) is 14.3. The molecule has 0 aliphatic heterocycles. The van der Waals surface area contributed by atoms with Gasteiger partial charge in [0, 0.05) is 0 Å². The van der Waals surface area contributed by atoms with Crippen molar-refractivity contribution in [1.82, 2.24) is 0 Å². The molecular weight excluding hydrogens is 178 g/mol. The summed E-state index contributed by atoms with van der Waals surface area (Å²) >= 11 is 0. The smallest absolute Gasteiger partial charge is 0.323 e. The van der Waals surface area contributed by atoms with Gasteiger partial charge in [-0.1, -0.05) is 26.7 Å². The van der Waals surface area contributed by atoms with Crippen molar-refractivity contribution >= 4 is 18.4 Å². The first-order valence-electron chi connectivity index (χ1n) is 4.09. The van der Waals surface area contributed by atoms with Crippen molar-refractivity contribution in [1.29, 1.82) is 0 Å². The molecule has 0 aromatic rings. The molecule has 0 fully saturated rings. The second kappa shape index (κ2) is 6.26. The van der Waals surface area contributed by atoms with Crippen LogP contribution in [0.2, 0.25) is 0 Å². The lowest BCUT2D eigenvalue weighted by Gasteiger charge is -2.22. The highest BCUT2D eigenvalue weighted by molar-refractivity contribution is 5.85. The summed E-state index contributed by atoms with van der Waals surface area (Å²) in [5, 5.41) is 8.73. The fraction of sp³-hybridized carbons (Fsp3) is 0.875. The van der Waals surface area contributed by atoms with E-state index in [4.69, 9.17) is 10.8 Å². The van der Waals surface area contributed by atoms with Crippen molar-refractivity contribution < 1.29 is 9.90 Å². The van der Waals surface area contributed by atoms with Gasteiger partial charge < -0.3 is 10.8 Å². The highest BCUT2D eigenvalue weighted by atomic mass is 35.5. The van der Waals surface area contributed by atoms with Crippen LogP contribution >= 0.6 is 12.4 Å². The standard InChI is InChI=1S/C8H17NO2.ClH/c1-3-5-6-8(9,4-2)7(10)11;/h3-6,9H2,1-2H3,(H,10,11);1H/t8-;/m1./s1. The number of halogens is 1. The molecule has 74 valence electrons. The van der Waals surface area contributed by atoms with Crippen molar-refractivity contribution in [3.8, 4) is 0 Å². The third-order valence-electron chi connectivity index (χ3n) is 2.03. The molecule has 3 N–H and O–H groups in total. The van der Waals surface area contributed by atoms with E-state index in [0.717, 1.165) is 12.8 Å². The molecule has 0 aromatic heterocycles. The average Bonchev–Trinajstić information content (AvgIpc) is 2.00. The van der Waals surface area contributed by atoms with Crippen molar-refractivity contribution in [3.05, 3.63) is 0 Å². The Balaban J connectivity index is 0. The summed E-state index contributed by atoms with van der Waals surface area (Å²) in [6.45, 7) is 3.84. The van der Waals surface area contributed by atoms with E-state index in [1.807, 2.05) is 13.8 Å². The largest absolute Gasteiger partial charge is 0.480 e. The van der Waals surface area contributed by atoms with Crippen molar-refractivity contribution in [2.75, 3.05) is 0 Å². The molecule has 0 saturated carbocycles. The Morgan fingerprint density at radius 3 is 2.25 bits per heavy atom. The fourth-order valence-corrected chi connectivity index (χ4v) is 0.927. The maximum absolute atomic E-state index is 10.6. The molecule has 0 aromatic carbocycles. The van der Waals surface area contributed by atoms with Gasteiger partial charge in [-0.05, 0) is 12.8 Å². The van der Waals surface area contributed by atoms with Crippen LogP contribution < -0.4 is 5.73 Å². The van der Waals surface area contributed by atoms with E-state index in [2.05, 4.69) is 0 Å². The molecule has 0 heterocycles. The van der Waals surface area contributed by atoms with Gasteiger partial charge >= 0.3 is 5.97 Å². The Kier molecular flexibility index (Phi) is 7.44.